The van der Waals surface area contributed by atoms with E-state index in [2.05, 4.69) is 20.9 Å². The molecule has 0 N–H and O–H groups in total. The summed E-state index contributed by atoms with van der Waals surface area (Å²) < 4.78 is 6.77. The molecule has 3 unspecified atom stereocenters. The predicted octanol–water partition coefficient (Wildman–Crippen LogP) is -0.0112. The summed E-state index contributed by atoms with van der Waals surface area (Å²) in [5, 5.41) is 0. The van der Waals surface area contributed by atoms with Gasteiger partial charge in [0.15, 0.2) is 0 Å². The molecule has 0 aromatic carbocycles. The number of rotatable bonds is 4. The Morgan fingerprint density at radius 1 is 1.20 bits per heavy atom. The van der Waals surface area contributed by atoms with Gasteiger partial charge in [0.05, 0.1) is 32.8 Å². The second-order valence-electron chi connectivity index (χ2n) is 7.17. The Morgan fingerprint density at radius 3 is 2.60 bits per heavy atom. The number of quaternary nitrogens is 1. The molecule has 0 aromatic heterocycles. The van der Waals surface area contributed by atoms with Crippen molar-refractivity contribution >= 4 is 5.97 Å². The number of piperidine rings is 2. The Morgan fingerprint density at radius 2 is 1.90 bits per heavy atom. The van der Waals surface area contributed by atoms with Crippen molar-refractivity contribution in [1.29, 1.82) is 0 Å². The van der Waals surface area contributed by atoms with Crippen LogP contribution in [0.1, 0.15) is 52.4 Å². The molecule has 0 radical (unpaired) electrons. The van der Waals surface area contributed by atoms with Crippen LogP contribution in [0.3, 0.4) is 0 Å². The number of ether oxygens (including phenoxy) is 1. The Balaban J connectivity index is 0.00000200. The third kappa shape index (κ3) is 4.58. The van der Waals surface area contributed by atoms with Gasteiger partial charge in [-0.2, -0.15) is 0 Å². The molecule has 2 fully saturated rings. The average molecular weight is 395 g/mol. The molecule has 0 aliphatic carbocycles. The summed E-state index contributed by atoms with van der Waals surface area (Å²) in [6.07, 6.45) is 7.14. The number of carbonyl (C=O) groups excluding carboxylic acids is 1. The van der Waals surface area contributed by atoms with Crippen LogP contribution >= 0.6 is 0 Å². The van der Waals surface area contributed by atoms with Crippen molar-refractivity contribution in [3.63, 3.8) is 0 Å². The molecule has 2 aliphatic heterocycles. The highest BCUT2D eigenvalue weighted by atomic mass is 127. The van der Waals surface area contributed by atoms with E-state index in [1.165, 1.54) is 49.7 Å². The summed E-state index contributed by atoms with van der Waals surface area (Å²) in [4.78, 5) is 11.7. The van der Waals surface area contributed by atoms with Crippen molar-refractivity contribution in [1.82, 2.24) is 0 Å². The number of hydrogen-bond acceptors (Lipinski definition) is 2. The van der Waals surface area contributed by atoms with Gasteiger partial charge in [-0.25, -0.2) is 0 Å². The summed E-state index contributed by atoms with van der Waals surface area (Å²) in [5.74, 6) is 0.982. The van der Waals surface area contributed by atoms with E-state index in [1.807, 2.05) is 0 Å². The normalized spacial score (nSPS) is 33.2. The van der Waals surface area contributed by atoms with Gasteiger partial charge in [0.25, 0.3) is 0 Å². The molecule has 2 rings (SSSR count). The molecule has 2 aliphatic rings. The summed E-state index contributed by atoms with van der Waals surface area (Å²) in [6, 6.07) is 0.731. The quantitative estimate of drug-likeness (QED) is 0.380. The van der Waals surface area contributed by atoms with Crippen molar-refractivity contribution in [2.45, 2.75) is 58.4 Å². The van der Waals surface area contributed by atoms with Gasteiger partial charge in [0.2, 0.25) is 0 Å². The molecule has 0 bridgehead atoms. The van der Waals surface area contributed by atoms with Crippen LogP contribution < -0.4 is 24.0 Å². The van der Waals surface area contributed by atoms with Crippen LogP contribution in [0.15, 0.2) is 0 Å². The van der Waals surface area contributed by atoms with Crippen molar-refractivity contribution in [3.05, 3.63) is 0 Å². The number of nitrogens with zero attached hydrogens (tertiary/aromatic N) is 1. The molecule has 2 heterocycles. The molecule has 4 heteroatoms. The minimum absolute atomic E-state index is 0. The van der Waals surface area contributed by atoms with Gasteiger partial charge in [-0.3, -0.25) is 4.79 Å². The van der Waals surface area contributed by atoms with Gasteiger partial charge in [0.1, 0.15) is 0 Å². The molecule has 0 amide bonds. The molecule has 0 saturated carbocycles. The van der Waals surface area contributed by atoms with Crippen molar-refractivity contribution in [2.24, 2.45) is 11.8 Å². The maximum Gasteiger partial charge on any atom is 0.306 e. The van der Waals surface area contributed by atoms with Gasteiger partial charge in [-0.15, -0.1) is 0 Å². The largest absolute Gasteiger partial charge is 1.00 e. The van der Waals surface area contributed by atoms with E-state index in [-0.39, 0.29) is 29.9 Å². The first-order chi connectivity index (χ1) is 9.01. The molecular weight excluding hydrogens is 365 g/mol. The Kier molecular flexibility index (Phi) is 7.25. The third-order valence-electron chi connectivity index (χ3n) is 5.04. The lowest BCUT2D eigenvalue weighted by Crippen LogP contribution is -3.00. The fourth-order valence-corrected chi connectivity index (χ4v) is 4.02. The summed E-state index contributed by atoms with van der Waals surface area (Å²) in [6.45, 7) is 7.43. The molecule has 3 atom stereocenters. The van der Waals surface area contributed by atoms with E-state index in [9.17, 15) is 4.79 Å². The minimum Gasteiger partial charge on any atom is -1.00 e. The second kappa shape index (κ2) is 7.97. The number of fused-ring (bicyclic) bond motifs is 1. The van der Waals surface area contributed by atoms with E-state index < -0.39 is 0 Å². The lowest BCUT2D eigenvalue weighted by Gasteiger charge is -2.51. The second-order valence-corrected chi connectivity index (χ2v) is 7.17. The summed E-state index contributed by atoms with van der Waals surface area (Å²) >= 11 is 0. The lowest BCUT2D eigenvalue weighted by atomic mass is 9.82. The van der Waals surface area contributed by atoms with Crippen molar-refractivity contribution in [2.75, 3.05) is 26.7 Å². The van der Waals surface area contributed by atoms with Crippen LogP contribution in [0.5, 0.6) is 0 Å². The number of halogens is 1. The molecule has 2 saturated heterocycles. The first-order valence-electron chi connectivity index (χ1n) is 8.01. The summed E-state index contributed by atoms with van der Waals surface area (Å²) in [5.41, 5.74) is 0. The molecule has 0 aromatic rings. The summed E-state index contributed by atoms with van der Waals surface area (Å²) in [7, 11) is 2.41. The van der Waals surface area contributed by atoms with Crippen LogP contribution in [-0.2, 0) is 9.53 Å². The zero-order valence-corrected chi connectivity index (χ0v) is 15.4. The smallest absolute Gasteiger partial charge is 0.306 e. The van der Waals surface area contributed by atoms with Gasteiger partial charge in [-0.05, 0) is 31.6 Å². The highest BCUT2D eigenvalue weighted by molar-refractivity contribution is 5.69. The molecule has 20 heavy (non-hydrogen) atoms. The zero-order valence-electron chi connectivity index (χ0n) is 13.2. The third-order valence-corrected chi connectivity index (χ3v) is 5.04. The highest BCUT2D eigenvalue weighted by Crippen LogP contribution is 2.36. The first kappa shape index (κ1) is 18.2. The predicted molar refractivity (Wildman–Crippen MR) is 76.7 cm³/mol. The van der Waals surface area contributed by atoms with Crippen LogP contribution in [0.25, 0.3) is 0 Å². The lowest BCUT2D eigenvalue weighted by molar-refractivity contribution is -0.947. The Hall–Kier alpha value is 0.160. The SMILES string of the molecule is CC(C)CC(=O)OCC1CCC[N+]2(C)CCCCC12.[I-]. The zero-order chi connectivity index (χ0) is 13.9. The van der Waals surface area contributed by atoms with E-state index in [0.29, 0.717) is 24.9 Å². The number of esters is 1. The Bertz CT molecular complexity index is 318. The molecular formula is C16H30INO2. The number of carbonyl (C=O) groups is 1. The van der Waals surface area contributed by atoms with Crippen LogP contribution in [0.2, 0.25) is 0 Å². The average Bonchev–Trinajstić information content (AvgIpc) is 2.34. The van der Waals surface area contributed by atoms with Crippen molar-refractivity contribution < 1.29 is 38.0 Å². The van der Waals surface area contributed by atoms with E-state index >= 15 is 0 Å². The molecule has 3 nitrogen and oxygen atoms in total. The van der Waals surface area contributed by atoms with Crippen molar-refractivity contribution in [3.8, 4) is 0 Å². The van der Waals surface area contributed by atoms with Gasteiger partial charge in [-0.1, -0.05) is 13.8 Å². The molecule has 118 valence electrons. The van der Waals surface area contributed by atoms with Gasteiger partial charge in [0, 0.05) is 18.8 Å². The molecule has 0 spiro atoms. The maximum atomic E-state index is 11.7. The topological polar surface area (TPSA) is 26.3 Å². The van der Waals surface area contributed by atoms with E-state index in [4.69, 9.17) is 4.74 Å². The van der Waals surface area contributed by atoms with Gasteiger partial charge < -0.3 is 33.2 Å². The standard InChI is InChI=1S/C16H30NO2.HI/c1-13(2)11-16(18)19-12-14-7-6-10-17(3)9-5-4-8-15(14)17;/h13-15H,4-12H2,1-3H3;1H/q+1;/p-1. The van der Waals surface area contributed by atoms with E-state index in [1.54, 1.807) is 0 Å². The number of hydrogen-bond donors (Lipinski definition) is 0. The fraction of sp³-hybridized carbons (Fsp3) is 0.938. The van der Waals surface area contributed by atoms with Crippen LogP contribution in [0, 0.1) is 11.8 Å². The first-order valence-corrected chi connectivity index (χ1v) is 8.01. The van der Waals surface area contributed by atoms with Crippen LogP contribution in [0.4, 0.5) is 0 Å². The van der Waals surface area contributed by atoms with Crippen LogP contribution in [-0.4, -0.2) is 43.2 Å². The van der Waals surface area contributed by atoms with Gasteiger partial charge >= 0.3 is 5.97 Å². The maximum absolute atomic E-state index is 11.7. The van der Waals surface area contributed by atoms with E-state index in [0.717, 1.165) is 6.04 Å². The Labute approximate surface area is 141 Å². The fourth-order valence-electron chi connectivity index (χ4n) is 4.02. The minimum atomic E-state index is -0.00872. The monoisotopic (exact) mass is 395 g/mol. The highest BCUT2D eigenvalue weighted by Gasteiger charge is 2.43.